The molecule has 2 aromatic carbocycles. The van der Waals surface area contributed by atoms with Crippen molar-refractivity contribution in [1.29, 1.82) is 0 Å². The second-order valence-corrected chi connectivity index (χ2v) is 12.6. The predicted octanol–water partition coefficient (Wildman–Crippen LogP) is 4.50. The van der Waals surface area contributed by atoms with Gasteiger partial charge in [0.25, 0.3) is 5.91 Å². The predicted molar refractivity (Wildman–Crippen MR) is 154 cm³/mol. The normalized spacial score (nSPS) is 16.1. The molecule has 3 aromatic rings. The van der Waals surface area contributed by atoms with Crippen LogP contribution in [0.1, 0.15) is 54.8 Å². The Labute approximate surface area is 233 Å². The van der Waals surface area contributed by atoms with Gasteiger partial charge in [-0.25, -0.2) is 13.5 Å². The van der Waals surface area contributed by atoms with Crippen molar-refractivity contribution in [2.75, 3.05) is 34.0 Å². The maximum absolute atomic E-state index is 13.6. The summed E-state index contributed by atoms with van der Waals surface area (Å²) in [5.41, 5.74) is 5.54. The van der Waals surface area contributed by atoms with Crippen LogP contribution in [0.15, 0.2) is 54.6 Å². The van der Waals surface area contributed by atoms with Crippen LogP contribution in [0, 0.1) is 0 Å². The van der Waals surface area contributed by atoms with E-state index in [-0.39, 0.29) is 24.2 Å². The summed E-state index contributed by atoms with van der Waals surface area (Å²) in [5, 5.41) is 12.8. The molecule has 0 saturated carbocycles. The molecule has 0 aliphatic carbocycles. The summed E-state index contributed by atoms with van der Waals surface area (Å²) in [4.78, 5) is 18.0. The quantitative estimate of drug-likeness (QED) is 0.360. The van der Waals surface area contributed by atoms with Crippen LogP contribution in [0.4, 0.5) is 0 Å². The monoisotopic (exact) mass is 551 g/mol. The molecule has 0 unspecified atom stereocenters. The van der Waals surface area contributed by atoms with Crippen LogP contribution in [-0.4, -0.2) is 63.2 Å². The smallest absolute Gasteiger partial charge is 0.269 e. The number of nitrogens with zero attached hydrogens (tertiary/aromatic N) is 2. The van der Waals surface area contributed by atoms with Gasteiger partial charge in [-0.3, -0.25) is 4.79 Å². The molecule has 1 aliphatic rings. The molecular formula is C30H37N3O5S. The fourth-order valence-electron chi connectivity index (χ4n) is 4.81. The van der Waals surface area contributed by atoms with Gasteiger partial charge in [-0.2, -0.15) is 0 Å². The second-order valence-electron chi connectivity index (χ2n) is 10.5. The molecule has 4 rings (SSSR count). The van der Waals surface area contributed by atoms with Crippen molar-refractivity contribution >= 4 is 16.9 Å². The van der Waals surface area contributed by atoms with Gasteiger partial charge >= 0.3 is 0 Å². The lowest BCUT2D eigenvalue weighted by Crippen LogP contribution is -2.36. The molecular weight excluding hydrogens is 514 g/mol. The van der Waals surface area contributed by atoms with Gasteiger partial charge in [0.1, 0.15) is 22.4 Å². The number of aliphatic hydroxyl groups excluding tert-OH is 1. The van der Waals surface area contributed by atoms with Crippen molar-refractivity contribution in [3.63, 3.8) is 0 Å². The van der Waals surface area contributed by atoms with Gasteiger partial charge < -0.3 is 19.9 Å². The number of aliphatic hydroxyl groups is 1. The highest BCUT2D eigenvalue weighted by Crippen LogP contribution is 2.44. The lowest BCUT2D eigenvalue weighted by atomic mass is 9.94. The molecule has 1 aromatic heterocycles. The average molecular weight is 552 g/mol. The summed E-state index contributed by atoms with van der Waals surface area (Å²) < 4.78 is 25.5. The fourth-order valence-corrected chi connectivity index (χ4v) is 6.21. The Kier molecular flexibility index (Phi) is 9.17. The van der Waals surface area contributed by atoms with Crippen LogP contribution in [0.25, 0.3) is 22.4 Å². The summed E-state index contributed by atoms with van der Waals surface area (Å²) in [6.45, 7) is 6.90. The number of amides is 1. The summed E-state index contributed by atoms with van der Waals surface area (Å²) in [5.74, 6) is 0.462. The number of hydrogen-bond donors (Lipinski definition) is 2. The van der Waals surface area contributed by atoms with Crippen molar-refractivity contribution in [2.24, 2.45) is 0 Å². The van der Waals surface area contributed by atoms with E-state index in [0.29, 0.717) is 31.8 Å². The number of carbonyl (C=O) groups is 1. The number of rotatable bonds is 10. The molecule has 39 heavy (non-hydrogen) atoms. The Hall–Kier alpha value is -3.11. The van der Waals surface area contributed by atoms with Crippen LogP contribution in [0.5, 0.6) is 5.75 Å². The summed E-state index contributed by atoms with van der Waals surface area (Å²) in [7, 11) is 1.89. The number of fused-ring (bicyclic) bond motifs is 1. The van der Waals surface area contributed by atoms with E-state index in [1.807, 2.05) is 73.6 Å². The fraction of sp³-hybridized carbons (Fsp3) is 0.400. The topological polar surface area (TPSA) is 101 Å². The number of carbonyl (C=O) groups excluding carboxylic acids is 1. The molecule has 1 aliphatic heterocycles. The van der Waals surface area contributed by atoms with Gasteiger partial charge in [0.15, 0.2) is 0 Å². The number of aromatic nitrogens is 1. The van der Waals surface area contributed by atoms with Gasteiger partial charge in [-0.15, -0.1) is 0 Å². The zero-order chi connectivity index (χ0) is 28.2. The van der Waals surface area contributed by atoms with Crippen LogP contribution in [-0.2, 0) is 22.3 Å². The van der Waals surface area contributed by atoms with E-state index < -0.39 is 15.7 Å². The van der Waals surface area contributed by atoms with E-state index in [9.17, 15) is 14.1 Å². The van der Waals surface area contributed by atoms with Gasteiger partial charge in [-0.05, 0) is 68.1 Å². The van der Waals surface area contributed by atoms with E-state index in [1.165, 1.54) is 0 Å². The molecule has 0 saturated heterocycles. The number of pyridine rings is 1. The van der Waals surface area contributed by atoms with E-state index in [0.717, 1.165) is 33.6 Å². The molecule has 2 atom stereocenters. The maximum atomic E-state index is 13.6. The van der Waals surface area contributed by atoms with Crippen LogP contribution in [0.3, 0.4) is 0 Å². The van der Waals surface area contributed by atoms with E-state index in [4.69, 9.17) is 14.5 Å². The van der Waals surface area contributed by atoms with E-state index in [1.54, 1.807) is 20.3 Å². The standard InChI is InChI=1S/C30H37N3O5S/c1-30(2,3)39(36)33-19-23-18-25(29(35)31-13-15-37-4)32-28(27(23)26(33)12-14-34)22-10-6-8-20(16-22)21-9-7-11-24(17-21)38-5/h6-11,16-18,26,34H,12-15,19H2,1-5H3,(H,31,35)/t26-,39-/m0/s1. The van der Waals surface area contributed by atoms with Gasteiger partial charge in [0.2, 0.25) is 0 Å². The van der Waals surface area contributed by atoms with Gasteiger partial charge in [0.05, 0.1) is 30.2 Å². The molecule has 2 N–H and O–H groups in total. The third-order valence-corrected chi connectivity index (χ3v) is 8.51. The zero-order valence-corrected chi connectivity index (χ0v) is 24.0. The van der Waals surface area contributed by atoms with Crippen LogP contribution in [0.2, 0.25) is 0 Å². The van der Waals surface area contributed by atoms with E-state index >= 15 is 0 Å². The number of methoxy groups -OCH3 is 2. The minimum absolute atomic E-state index is 0.0650. The SMILES string of the molecule is COCCNC(=O)c1cc2c(c(-c3cccc(-c4cccc(OC)c4)c3)n1)[C@H](CCO)N([S@@](=O)C(C)(C)C)C2. The Bertz CT molecular complexity index is 1350. The Balaban J connectivity index is 1.86. The minimum Gasteiger partial charge on any atom is -0.497 e. The van der Waals surface area contributed by atoms with Gasteiger partial charge in [0, 0.05) is 37.9 Å². The molecule has 0 radical (unpaired) electrons. The van der Waals surface area contributed by atoms with Crippen molar-refractivity contribution in [3.8, 4) is 28.1 Å². The summed E-state index contributed by atoms with van der Waals surface area (Å²) in [6.07, 6.45) is 0.401. The third-order valence-electron chi connectivity index (χ3n) is 6.65. The molecule has 1 amide bonds. The lowest BCUT2D eigenvalue weighted by Gasteiger charge is -2.30. The second kappa shape index (κ2) is 12.4. The number of ether oxygens (including phenoxy) is 2. The highest BCUT2D eigenvalue weighted by atomic mass is 32.2. The van der Waals surface area contributed by atoms with Crippen molar-refractivity contribution in [2.45, 2.75) is 44.5 Å². The molecule has 208 valence electrons. The molecule has 0 fully saturated rings. The summed E-state index contributed by atoms with van der Waals surface area (Å²) >= 11 is 0. The molecule has 0 bridgehead atoms. The Morgan fingerprint density at radius 3 is 2.46 bits per heavy atom. The largest absolute Gasteiger partial charge is 0.497 e. The maximum Gasteiger partial charge on any atom is 0.269 e. The first-order valence-corrected chi connectivity index (χ1v) is 14.1. The lowest BCUT2D eigenvalue weighted by molar-refractivity contribution is 0.0932. The van der Waals surface area contributed by atoms with Crippen molar-refractivity contribution in [1.82, 2.24) is 14.6 Å². The highest BCUT2D eigenvalue weighted by Gasteiger charge is 2.40. The van der Waals surface area contributed by atoms with Crippen molar-refractivity contribution in [3.05, 3.63) is 71.4 Å². The minimum atomic E-state index is -1.33. The molecule has 8 nitrogen and oxygen atoms in total. The molecule has 9 heteroatoms. The van der Waals surface area contributed by atoms with Crippen LogP contribution < -0.4 is 10.1 Å². The highest BCUT2D eigenvalue weighted by molar-refractivity contribution is 7.84. The zero-order valence-electron chi connectivity index (χ0n) is 23.2. The van der Waals surface area contributed by atoms with Crippen molar-refractivity contribution < 1.29 is 23.6 Å². The molecule has 0 spiro atoms. The average Bonchev–Trinajstić information content (AvgIpc) is 3.30. The first-order valence-electron chi connectivity index (χ1n) is 13.0. The number of nitrogens with one attached hydrogen (secondary N) is 1. The number of hydrogen-bond acceptors (Lipinski definition) is 6. The Morgan fingerprint density at radius 2 is 1.79 bits per heavy atom. The third kappa shape index (κ3) is 6.38. The first kappa shape index (κ1) is 28.9. The van der Waals surface area contributed by atoms with Gasteiger partial charge in [-0.1, -0.05) is 30.3 Å². The van der Waals surface area contributed by atoms with E-state index in [2.05, 4.69) is 5.32 Å². The van der Waals surface area contributed by atoms with Crippen LogP contribution >= 0.6 is 0 Å². The summed E-state index contributed by atoms with van der Waals surface area (Å²) in [6, 6.07) is 17.3. The number of benzene rings is 2. The first-order chi connectivity index (χ1) is 18.7. The molecule has 2 heterocycles. The Morgan fingerprint density at radius 1 is 1.10 bits per heavy atom.